The van der Waals surface area contributed by atoms with Gasteiger partial charge >= 0.3 is 12.0 Å². The Morgan fingerprint density at radius 3 is 2.21 bits per heavy atom. The maximum absolute atomic E-state index is 11.8. The van der Waals surface area contributed by atoms with Gasteiger partial charge in [0.15, 0.2) is 0 Å². The number of ether oxygens (including phenoxy) is 2. The molecule has 0 radical (unpaired) electrons. The van der Waals surface area contributed by atoms with Crippen LogP contribution in [-0.4, -0.2) is 52.3 Å². The Balaban J connectivity index is 3.13. The Morgan fingerprint density at radius 2 is 1.74 bits per heavy atom. The second-order valence-electron chi connectivity index (χ2n) is 4.11. The van der Waals surface area contributed by atoms with E-state index in [-0.39, 0.29) is 6.03 Å². The number of amides is 2. The molecule has 0 aliphatic rings. The molecule has 0 spiro atoms. The summed E-state index contributed by atoms with van der Waals surface area (Å²) in [7, 11) is 7.74. The normalized spacial score (nSPS) is 9.74. The first kappa shape index (κ1) is 14.8. The van der Waals surface area contributed by atoms with Gasteiger partial charge in [0.25, 0.3) is 0 Å². The van der Waals surface area contributed by atoms with Crippen LogP contribution in [0, 0.1) is 0 Å². The summed E-state index contributed by atoms with van der Waals surface area (Å²) in [5.74, 6) is -0.118. The van der Waals surface area contributed by atoms with E-state index in [4.69, 9.17) is 4.74 Å². The number of esters is 1. The monoisotopic (exact) mass is 266 g/mol. The number of methoxy groups -OCH3 is 2. The molecule has 6 nitrogen and oxygen atoms in total. The fraction of sp³-hybridized carbons (Fsp3) is 0.385. The van der Waals surface area contributed by atoms with E-state index in [1.807, 2.05) is 0 Å². The minimum absolute atomic E-state index is 0.173. The van der Waals surface area contributed by atoms with Crippen LogP contribution in [0.5, 0.6) is 5.75 Å². The first-order valence-corrected chi connectivity index (χ1v) is 5.63. The molecule has 0 aromatic heterocycles. The van der Waals surface area contributed by atoms with E-state index in [2.05, 4.69) is 4.74 Å². The molecule has 0 atom stereocenters. The van der Waals surface area contributed by atoms with Crippen LogP contribution >= 0.6 is 0 Å². The third-order valence-corrected chi connectivity index (χ3v) is 2.65. The van der Waals surface area contributed by atoms with Gasteiger partial charge in [-0.1, -0.05) is 0 Å². The topological polar surface area (TPSA) is 59.1 Å². The highest BCUT2D eigenvalue weighted by molar-refractivity contribution is 5.95. The number of carbonyl (C=O) groups is 2. The number of nitrogens with zero attached hydrogens (tertiary/aromatic N) is 2. The van der Waals surface area contributed by atoms with Gasteiger partial charge < -0.3 is 14.4 Å². The van der Waals surface area contributed by atoms with E-state index in [1.54, 1.807) is 39.3 Å². The van der Waals surface area contributed by atoms with E-state index in [1.165, 1.54) is 24.0 Å². The average molecular weight is 266 g/mol. The fourth-order valence-electron chi connectivity index (χ4n) is 1.58. The van der Waals surface area contributed by atoms with Crippen molar-refractivity contribution in [2.45, 2.75) is 0 Å². The predicted octanol–water partition coefficient (Wildman–Crippen LogP) is 1.60. The Hall–Kier alpha value is -2.24. The highest BCUT2D eigenvalue weighted by atomic mass is 16.5. The number of hydrogen-bond acceptors (Lipinski definition) is 4. The second-order valence-corrected chi connectivity index (χ2v) is 4.11. The molecular weight excluding hydrogens is 248 g/mol. The van der Waals surface area contributed by atoms with Gasteiger partial charge in [-0.05, 0) is 12.1 Å². The lowest BCUT2D eigenvalue weighted by molar-refractivity contribution is 0.0597. The van der Waals surface area contributed by atoms with Crippen molar-refractivity contribution in [2.75, 3.05) is 40.3 Å². The smallest absolute Gasteiger partial charge is 0.341 e. The molecule has 0 saturated heterocycles. The quantitative estimate of drug-likeness (QED) is 0.780. The summed E-state index contributed by atoms with van der Waals surface area (Å²) in [5, 5.41) is 0. The van der Waals surface area contributed by atoms with Gasteiger partial charge in [-0.25, -0.2) is 9.59 Å². The van der Waals surface area contributed by atoms with Crippen molar-refractivity contribution in [1.82, 2.24) is 4.90 Å². The number of urea groups is 1. The molecule has 1 rings (SSSR count). The molecule has 1 aromatic rings. The van der Waals surface area contributed by atoms with E-state index < -0.39 is 5.97 Å². The van der Waals surface area contributed by atoms with Crippen molar-refractivity contribution >= 4 is 17.7 Å². The Kier molecular flexibility index (Phi) is 4.74. The SMILES string of the molecule is COC(=O)c1ccc(N(C)C(=O)N(C)C)cc1OC. The minimum atomic E-state index is -0.481. The molecule has 0 aliphatic carbocycles. The zero-order chi connectivity index (χ0) is 14.6. The van der Waals surface area contributed by atoms with Crippen molar-refractivity contribution in [2.24, 2.45) is 0 Å². The Morgan fingerprint density at radius 1 is 1.11 bits per heavy atom. The van der Waals surface area contributed by atoms with Gasteiger partial charge in [-0.15, -0.1) is 0 Å². The maximum Gasteiger partial charge on any atom is 0.341 e. The van der Waals surface area contributed by atoms with Crippen molar-refractivity contribution in [3.8, 4) is 5.75 Å². The Labute approximate surface area is 112 Å². The van der Waals surface area contributed by atoms with Crippen molar-refractivity contribution < 1.29 is 19.1 Å². The summed E-state index contributed by atoms with van der Waals surface area (Å²) in [5.41, 5.74) is 0.947. The lowest BCUT2D eigenvalue weighted by atomic mass is 10.1. The van der Waals surface area contributed by atoms with Crippen LogP contribution in [0.2, 0.25) is 0 Å². The van der Waals surface area contributed by atoms with Crippen LogP contribution < -0.4 is 9.64 Å². The second kappa shape index (κ2) is 6.08. The van der Waals surface area contributed by atoms with Crippen LogP contribution in [0.1, 0.15) is 10.4 Å². The van der Waals surface area contributed by atoms with Crippen molar-refractivity contribution in [1.29, 1.82) is 0 Å². The first-order chi connectivity index (χ1) is 8.92. The van der Waals surface area contributed by atoms with E-state index in [0.29, 0.717) is 17.0 Å². The maximum atomic E-state index is 11.8. The summed E-state index contributed by atoms with van der Waals surface area (Å²) in [6.45, 7) is 0. The molecule has 0 heterocycles. The number of rotatable bonds is 3. The van der Waals surface area contributed by atoms with E-state index in [0.717, 1.165) is 0 Å². The van der Waals surface area contributed by atoms with Crippen LogP contribution in [0.25, 0.3) is 0 Å². The van der Waals surface area contributed by atoms with Crippen LogP contribution in [0.3, 0.4) is 0 Å². The lowest BCUT2D eigenvalue weighted by Gasteiger charge is -2.22. The van der Waals surface area contributed by atoms with Crippen LogP contribution in [-0.2, 0) is 4.74 Å². The molecule has 0 bridgehead atoms. The largest absolute Gasteiger partial charge is 0.496 e. The molecule has 0 saturated carbocycles. The number of carbonyl (C=O) groups excluding carboxylic acids is 2. The molecule has 104 valence electrons. The van der Waals surface area contributed by atoms with Gasteiger partial charge in [0.05, 0.1) is 14.2 Å². The van der Waals surface area contributed by atoms with E-state index >= 15 is 0 Å². The third kappa shape index (κ3) is 3.15. The van der Waals surface area contributed by atoms with Crippen LogP contribution in [0.15, 0.2) is 18.2 Å². The molecule has 0 aliphatic heterocycles. The van der Waals surface area contributed by atoms with Crippen molar-refractivity contribution in [3.05, 3.63) is 23.8 Å². The predicted molar refractivity (Wildman–Crippen MR) is 71.8 cm³/mol. The van der Waals surface area contributed by atoms with E-state index in [9.17, 15) is 9.59 Å². The summed E-state index contributed by atoms with van der Waals surface area (Å²) < 4.78 is 9.80. The third-order valence-electron chi connectivity index (χ3n) is 2.65. The highest BCUT2D eigenvalue weighted by Gasteiger charge is 2.17. The Bertz CT molecular complexity index is 486. The summed E-state index contributed by atoms with van der Waals surface area (Å²) in [6.07, 6.45) is 0. The molecule has 0 fully saturated rings. The lowest BCUT2D eigenvalue weighted by Crippen LogP contribution is -2.36. The summed E-state index contributed by atoms with van der Waals surface area (Å²) >= 11 is 0. The molecule has 1 aromatic carbocycles. The average Bonchev–Trinajstić information content (AvgIpc) is 2.43. The number of benzene rings is 1. The van der Waals surface area contributed by atoms with Gasteiger partial charge in [0.2, 0.25) is 0 Å². The van der Waals surface area contributed by atoms with Crippen molar-refractivity contribution in [3.63, 3.8) is 0 Å². The molecular formula is C13H18N2O4. The van der Waals surface area contributed by atoms with Gasteiger partial charge in [-0.2, -0.15) is 0 Å². The van der Waals surface area contributed by atoms with Gasteiger partial charge in [0, 0.05) is 32.9 Å². The zero-order valence-corrected chi connectivity index (χ0v) is 11.8. The fourth-order valence-corrected chi connectivity index (χ4v) is 1.58. The standard InChI is InChI=1S/C13H18N2O4/c1-14(2)13(17)15(3)9-6-7-10(12(16)19-5)11(8-9)18-4/h6-8H,1-5H3. The minimum Gasteiger partial charge on any atom is -0.496 e. The first-order valence-electron chi connectivity index (χ1n) is 5.63. The van der Waals surface area contributed by atoms with Gasteiger partial charge in [-0.3, -0.25) is 4.90 Å². The van der Waals surface area contributed by atoms with Crippen LogP contribution in [0.4, 0.5) is 10.5 Å². The highest BCUT2D eigenvalue weighted by Crippen LogP contribution is 2.26. The number of anilines is 1. The molecule has 2 amide bonds. The summed E-state index contributed by atoms with van der Waals surface area (Å²) in [6, 6.07) is 4.68. The zero-order valence-electron chi connectivity index (χ0n) is 11.8. The molecule has 19 heavy (non-hydrogen) atoms. The molecule has 0 N–H and O–H groups in total. The van der Waals surface area contributed by atoms with Gasteiger partial charge in [0.1, 0.15) is 11.3 Å². The molecule has 6 heteroatoms. The number of hydrogen-bond donors (Lipinski definition) is 0. The summed E-state index contributed by atoms with van der Waals surface area (Å²) in [4.78, 5) is 26.3. The molecule has 0 unspecified atom stereocenters.